The molecule has 3 aromatic carbocycles. The van der Waals surface area contributed by atoms with Gasteiger partial charge < -0.3 is 10.2 Å². The molecular weight excluding hydrogens is 569 g/mol. The molecule has 0 spiro atoms. The van der Waals surface area contributed by atoms with Gasteiger partial charge in [-0.05, 0) is 89.1 Å². The molecule has 0 unspecified atom stereocenters. The Bertz CT molecular complexity index is 1490. The average Bonchev–Trinajstić information content (AvgIpc) is 2.86. The average molecular weight is 605 g/mol. The lowest BCUT2D eigenvalue weighted by molar-refractivity contribution is -0.140. The first-order valence-electron chi connectivity index (χ1n) is 12.8. The van der Waals surface area contributed by atoms with Crippen molar-refractivity contribution in [3.8, 4) is 0 Å². The van der Waals surface area contributed by atoms with Crippen LogP contribution in [0.5, 0.6) is 0 Å². The molecule has 0 fully saturated rings. The molecule has 0 aliphatic rings. The molecule has 0 saturated carbocycles. The first-order chi connectivity index (χ1) is 18.6. The van der Waals surface area contributed by atoms with Crippen LogP contribution >= 0.6 is 23.2 Å². The Balaban J connectivity index is 2.08. The van der Waals surface area contributed by atoms with E-state index in [1.165, 1.54) is 23.1 Å². The summed E-state index contributed by atoms with van der Waals surface area (Å²) in [4.78, 5) is 28.6. The van der Waals surface area contributed by atoms with Crippen molar-refractivity contribution < 1.29 is 18.0 Å². The number of rotatable bonds is 9. The molecule has 0 bridgehead atoms. The van der Waals surface area contributed by atoms with Crippen LogP contribution in [0.25, 0.3) is 0 Å². The first-order valence-corrected chi connectivity index (χ1v) is 15.0. The number of hydrogen-bond donors (Lipinski definition) is 1. The topological polar surface area (TPSA) is 86.8 Å². The number of carbonyl (C=O) groups is 2. The zero-order valence-corrected chi connectivity index (χ0v) is 25.9. The third-order valence-corrected chi connectivity index (χ3v) is 8.48. The molecule has 10 heteroatoms. The zero-order valence-electron chi connectivity index (χ0n) is 23.5. The summed E-state index contributed by atoms with van der Waals surface area (Å²) in [5.74, 6) is -0.929. The maximum atomic E-state index is 14.0. The molecule has 40 heavy (non-hydrogen) atoms. The van der Waals surface area contributed by atoms with Crippen LogP contribution in [0, 0.1) is 13.8 Å². The van der Waals surface area contributed by atoms with Crippen molar-refractivity contribution in [2.45, 2.75) is 64.6 Å². The minimum absolute atomic E-state index is 0.0326. The number of benzene rings is 3. The highest BCUT2D eigenvalue weighted by Gasteiger charge is 2.34. The van der Waals surface area contributed by atoms with Crippen LogP contribution in [0.15, 0.2) is 71.6 Å². The highest BCUT2D eigenvalue weighted by Crippen LogP contribution is 2.30. The summed E-state index contributed by atoms with van der Waals surface area (Å²) >= 11 is 12.5. The number of anilines is 1. The summed E-state index contributed by atoms with van der Waals surface area (Å²) in [7, 11) is -4.19. The number of halogens is 2. The van der Waals surface area contributed by atoms with E-state index in [2.05, 4.69) is 5.32 Å². The Hall–Kier alpha value is -3.07. The maximum absolute atomic E-state index is 14.0. The number of amides is 2. The van der Waals surface area contributed by atoms with E-state index in [4.69, 9.17) is 23.2 Å². The van der Waals surface area contributed by atoms with Gasteiger partial charge in [-0.15, -0.1) is 0 Å². The summed E-state index contributed by atoms with van der Waals surface area (Å²) in [5, 5.41) is 3.71. The second-order valence-corrected chi connectivity index (χ2v) is 13.6. The third kappa shape index (κ3) is 7.99. The van der Waals surface area contributed by atoms with E-state index in [1.807, 2.05) is 27.7 Å². The summed E-state index contributed by atoms with van der Waals surface area (Å²) in [5.41, 5.74) is 1.95. The molecule has 7 nitrogen and oxygen atoms in total. The van der Waals surface area contributed by atoms with E-state index in [0.717, 1.165) is 9.87 Å². The normalized spacial score (nSPS) is 12.5. The molecule has 2 amide bonds. The molecular formula is C30H35Cl2N3O4S. The number of nitrogens with zero attached hydrogens (tertiary/aromatic N) is 2. The predicted octanol–water partition coefficient (Wildman–Crippen LogP) is 6.14. The molecule has 0 aliphatic carbocycles. The van der Waals surface area contributed by atoms with Crippen molar-refractivity contribution in [2.75, 3.05) is 10.8 Å². The summed E-state index contributed by atoms with van der Waals surface area (Å²) in [6, 6.07) is 17.3. The SMILES string of the molecule is Cc1ccc(S(=O)(=O)N(CC(=O)N(Cc2cccc(Cl)c2)[C@@H](C)C(=O)NC(C)(C)C)c2cc(Cl)ccc2C)cc1. The summed E-state index contributed by atoms with van der Waals surface area (Å²) in [6.45, 7) is 10.3. The lowest BCUT2D eigenvalue weighted by Gasteiger charge is -2.34. The Morgan fingerprint density at radius 3 is 2.15 bits per heavy atom. The molecule has 3 aromatic rings. The molecule has 1 atom stereocenters. The zero-order chi connectivity index (χ0) is 29.8. The van der Waals surface area contributed by atoms with Gasteiger partial charge in [0.25, 0.3) is 10.0 Å². The molecule has 0 aliphatic heterocycles. The van der Waals surface area contributed by atoms with E-state index >= 15 is 0 Å². The van der Waals surface area contributed by atoms with Crippen molar-refractivity contribution >= 4 is 50.7 Å². The summed E-state index contributed by atoms with van der Waals surface area (Å²) in [6.07, 6.45) is 0. The van der Waals surface area contributed by atoms with Gasteiger partial charge in [0, 0.05) is 22.1 Å². The van der Waals surface area contributed by atoms with Gasteiger partial charge >= 0.3 is 0 Å². The number of nitrogens with one attached hydrogen (secondary N) is 1. The molecule has 0 heterocycles. The third-order valence-electron chi connectivity index (χ3n) is 6.24. The van der Waals surface area contributed by atoms with Crippen molar-refractivity contribution in [3.05, 3.63) is 93.5 Å². The minimum atomic E-state index is -4.19. The van der Waals surface area contributed by atoms with Gasteiger partial charge in [0.2, 0.25) is 11.8 Å². The second-order valence-electron chi connectivity index (χ2n) is 10.8. The summed E-state index contributed by atoms with van der Waals surface area (Å²) < 4.78 is 29.0. The van der Waals surface area contributed by atoms with Crippen LogP contribution in [0.3, 0.4) is 0 Å². The van der Waals surface area contributed by atoms with E-state index < -0.39 is 34.1 Å². The van der Waals surface area contributed by atoms with Crippen molar-refractivity contribution in [2.24, 2.45) is 0 Å². The van der Waals surface area contributed by atoms with E-state index in [9.17, 15) is 18.0 Å². The van der Waals surface area contributed by atoms with Crippen molar-refractivity contribution in [1.82, 2.24) is 10.2 Å². The number of sulfonamides is 1. The van der Waals surface area contributed by atoms with Crippen LogP contribution in [0.1, 0.15) is 44.4 Å². The van der Waals surface area contributed by atoms with Gasteiger partial charge in [-0.1, -0.05) is 59.1 Å². The first kappa shape index (κ1) is 31.5. The molecule has 3 rings (SSSR count). The van der Waals surface area contributed by atoms with Gasteiger partial charge in [0.05, 0.1) is 10.6 Å². The number of aryl methyl sites for hydroxylation is 2. The van der Waals surface area contributed by atoms with Crippen molar-refractivity contribution in [3.63, 3.8) is 0 Å². The van der Waals surface area contributed by atoms with Gasteiger partial charge in [-0.3, -0.25) is 13.9 Å². The Morgan fingerprint density at radius 2 is 1.55 bits per heavy atom. The van der Waals surface area contributed by atoms with Crippen LogP contribution < -0.4 is 9.62 Å². The number of carbonyl (C=O) groups excluding carboxylic acids is 2. The fraction of sp³-hybridized carbons (Fsp3) is 0.333. The van der Waals surface area contributed by atoms with Gasteiger partial charge in [-0.25, -0.2) is 8.42 Å². The lowest BCUT2D eigenvalue weighted by atomic mass is 10.1. The van der Waals surface area contributed by atoms with Gasteiger partial charge in [0.15, 0.2) is 0 Å². The standard InChI is InChI=1S/C30H35Cl2N3O4S/c1-20-10-14-26(15-11-20)40(38,39)35(27-17-25(32)13-12-21(27)2)19-28(36)34(18-23-8-7-9-24(31)16-23)22(3)29(37)33-30(4,5)6/h7-17,22H,18-19H2,1-6H3,(H,33,37)/t22-/m0/s1. The van der Waals surface area contributed by atoms with Gasteiger partial charge in [-0.2, -0.15) is 0 Å². The van der Waals surface area contributed by atoms with E-state index in [-0.39, 0.29) is 23.0 Å². The van der Waals surface area contributed by atoms with Crippen LogP contribution in [0.4, 0.5) is 5.69 Å². The smallest absolute Gasteiger partial charge is 0.264 e. The fourth-order valence-electron chi connectivity index (χ4n) is 4.09. The largest absolute Gasteiger partial charge is 0.350 e. The van der Waals surface area contributed by atoms with Gasteiger partial charge in [0.1, 0.15) is 12.6 Å². The highest BCUT2D eigenvalue weighted by molar-refractivity contribution is 7.92. The lowest BCUT2D eigenvalue weighted by Crippen LogP contribution is -2.54. The fourth-order valence-corrected chi connectivity index (χ4v) is 5.94. The van der Waals surface area contributed by atoms with Crippen LogP contribution in [0.2, 0.25) is 10.0 Å². The highest BCUT2D eigenvalue weighted by atomic mass is 35.5. The minimum Gasteiger partial charge on any atom is -0.350 e. The predicted molar refractivity (Wildman–Crippen MR) is 161 cm³/mol. The Kier molecular flexibility index (Phi) is 9.93. The molecule has 1 N–H and O–H groups in total. The molecule has 0 aromatic heterocycles. The quantitative estimate of drug-likeness (QED) is 0.318. The molecule has 214 valence electrons. The second kappa shape index (κ2) is 12.6. The monoisotopic (exact) mass is 603 g/mol. The molecule has 0 radical (unpaired) electrons. The van der Waals surface area contributed by atoms with Crippen LogP contribution in [-0.4, -0.2) is 43.3 Å². The van der Waals surface area contributed by atoms with E-state index in [1.54, 1.807) is 62.4 Å². The number of hydrogen-bond acceptors (Lipinski definition) is 4. The Morgan fingerprint density at radius 1 is 0.925 bits per heavy atom. The van der Waals surface area contributed by atoms with Crippen molar-refractivity contribution in [1.29, 1.82) is 0 Å². The van der Waals surface area contributed by atoms with E-state index in [0.29, 0.717) is 21.2 Å². The Labute approximate surface area is 247 Å². The molecule has 0 saturated heterocycles. The van der Waals surface area contributed by atoms with Crippen LogP contribution in [-0.2, 0) is 26.2 Å². The maximum Gasteiger partial charge on any atom is 0.264 e.